The minimum Gasteiger partial charge on any atom is -0.480 e. The maximum absolute atomic E-state index is 12.4. The van der Waals surface area contributed by atoms with Gasteiger partial charge < -0.3 is 20.5 Å². The van der Waals surface area contributed by atoms with Crippen molar-refractivity contribution in [1.29, 1.82) is 0 Å². The van der Waals surface area contributed by atoms with Gasteiger partial charge in [-0.25, -0.2) is 9.48 Å². The summed E-state index contributed by atoms with van der Waals surface area (Å²) in [5.74, 6) is -1.36. The Morgan fingerprint density at radius 3 is 2.34 bits per heavy atom. The predicted molar refractivity (Wildman–Crippen MR) is 124 cm³/mol. The molecule has 35 heavy (non-hydrogen) atoms. The number of carbonyl (C=O) groups excluding carboxylic acids is 2. The molecule has 2 amide bonds. The monoisotopic (exact) mass is 475 g/mol. The smallest absolute Gasteiger partial charge is 0.407 e. The summed E-state index contributed by atoms with van der Waals surface area (Å²) < 4.78 is 6.76. The van der Waals surface area contributed by atoms with Gasteiger partial charge in [-0.05, 0) is 35.1 Å². The van der Waals surface area contributed by atoms with Gasteiger partial charge in [0.2, 0.25) is 5.91 Å². The largest absolute Gasteiger partial charge is 0.480 e. The Kier molecular flexibility index (Phi) is 6.17. The normalized spacial score (nSPS) is 18.2. The summed E-state index contributed by atoms with van der Waals surface area (Å²) in [6, 6.07) is 16.2. The average Bonchev–Trinajstić information content (AvgIpc) is 3.40. The number of benzene rings is 2. The number of amides is 2. The summed E-state index contributed by atoms with van der Waals surface area (Å²) in [6.45, 7) is 0.130. The van der Waals surface area contributed by atoms with Crippen LogP contribution in [0.4, 0.5) is 4.79 Å². The van der Waals surface area contributed by atoms with Crippen LogP contribution in [0, 0.1) is 5.92 Å². The second kappa shape index (κ2) is 9.57. The van der Waals surface area contributed by atoms with Crippen molar-refractivity contribution in [3.63, 3.8) is 0 Å². The molecule has 10 heteroatoms. The van der Waals surface area contributed by atoms with E-state index in [9.17, 15) is 14.4 Å². The Morgan fingerprint density at radius 2 is 1.69 bits per heavy atom. The van der Waals surface area contributed by atoms with Gasteiger partial charge >= 0.3 is 12.1 Å². The quantitative estimate of drug-likeness (QED) is 0.455. The molecule has 180 valence electrons. The lowest BCUT2D eigenvalue weighted by molar-refractivity contribution is -0.138. The zero-order valence-electron chi connectivity index (χ0n) is 18.9. The molecule has 2 aliphatic rings. The van der Waals surface area contributed by atoms with Gasteiger partial charge in [0, 0.05) is 17.9 Å². The van der Waals surface area contributed by atoms with E-state index >= 15 is 0 Å². The van der Waals surface area contributed by atoms with Crippen LogP contribution in [-0.4, -0.2) is 50.7 Å². The number of alkyl carbamates (subject to hydrolysis) is 1. The zero-order chi connectivity index (χ0) is 24.4. The van der Waals surface area contributed by atoms with E-state index in [1.165, 1.54) is 22.0 Å². The van der Waals surface area contributed by atoms with Gasteiger partial charge in [0.05, 0.1) is 12.7 Å². The highest BCUT2D eigenvalue weighted by Crippen LogP contribution is 2.44. The maximum Gasteiger partial charge on any atom is 0.407 e. The van der Waals surface area contributed by atoms with Crippen molar-refractivity contribution >= 4 is 18.0 Å². The van der Waals surface area contributed by atoms with Crippen LogP contribution < -0.4 is 10.6 Å². The Hall–Kier alpha value is -4.21. The van der Waals surface area contributed by atoms with Crippen LogP contribution in [0.25, 0.3) is 11.1 Å². The number of aliphatic carboxylic acids is 1. The zero-order valence-corrected chi connectivity index (χ0v) is 18.9. The number of nitrogens with zero attached hydrogens (tertiary/aromatic N) is 3. The molecule has 3 N–H and O–H groups in total. The lowest BCUT2D eigenvalue weighted by atomic mass is 9.79. The number of ether oxygens (including phenoxy) is 1. The van der Waals surface area contributed by atoms with E-state index in [1.807, 2.05) is 24.3 Å². The van der Waals surface area contributed by atoms with Crippen LogP contribution in [0.2, 0.25) is 0 Å². The lowest BCUT2D eigenvalue weighted by Crippen LogP contribution is -2.49. The van der Waals surface area contributed by atoms with E-state index in [0.29, 0.717) is 18.5 Å². The van der Waals surface area contributed by atoms with Crippen LogP contribution in [-0.2, 0) is 27.4 Å². The molecule has 1 saturated carbocycles. The summed E-state index contributed by atoms with van der Waals surface area (Å²) in [4.78, 5) is 35.4. The summed E-state index contributed by atoms with van der Waals surface area (Å²) >= 11 is 0. The third-order valence-corrected chi connectivity index (χ3v) is 6.50. The predicted octanol–water partition coefficient (Wildman–Crippen LogP) is 2.30. The Balaban J connectivity index is 1.06. The molecule has 0 atom stereocenters. The van der Waals surface area contributed by atoms with Crippen LogP contribution >= 0.6 is 0 Å². The summed E-state index contributed by atoms with van der Waals surface area (Å²) in [6.07, 6.45) is 2.06. The molecular weight excluding hydrogens is 450 g/mol. The molecule has 2 aliphatic carbocycles. The number of aromatic nitrogens is 3. The van der Waals surface area contributed by atoms with Crippen molar-refractivity contribution in [3.05, 3.63) is 71.5 Å². The van der Waals surface area contributed by atoms with E-state index in [2.05, 4.69) is 45.2 Å². The van der Waals surface area contributed by atoms with Gasteiger partial charge in [0.25, 0.3) is 0 Å². The van der Waals surface area contributed by atoms with Crippen molar-refractivity contribution in [1.82, 2.24) is 25.6 Å². The first-order chi connectivity index (χ1) is 17.0. The van der Waals surface area contributed by atoms with E-state index in [0.717, 1.165) is 11.1 Å². The molecule has 0 radical (unpaired) electrons. The SMILES string of the molecule is O=C(O)Cn1cc(CNC(=O)C2CC(NC(=O)OCC3c4ccccc4-c4ccccc43)C2)nn1. The van der Waals surface area contributed by atoms with Crippen LogP contribution in [0.5, 0.6) is 0 Å². The molecule has 0 aliphatic heterocycles. The average molecular weight is 476 g/mol. The lowest BCUT2D eigenvalue weighted by Gasteiger charge is -2.34. The van der Waals surface area contributed by atoms with Gasteiger partial charge in [-0.1, -0.05) is 53.7 Å². The second-order valence-electron chi connectivity index (χ2n) is 8.85. The molecule has 2 aromatic carbocycles. The highest BCUT2D eigenvalue weighted by molar-refractivity contribution is 5.80. The Morgan fingerprint density at radius 1 is 1.03 bits per heavy atom. The van der Waals surface area contributed by atoms with Crippen LogP contribution in [0.15, 0.2) is 54.7 Å². The molecule has 10 nitrogen and oxygen atoms in total. The first kappa shape index (κ1) is 22.6. The first-order valence-electron chi connectivity index (χ1n) is 11.5. The van der Waals surface area contributed by atoms with Crippen LogP contribution in [0.1, 0.15) is 35.6 Å². The van der Waals surface area contributed by atoms with Gasteiger partial charge in [0.1, 0.15) is 18.8 Å². The fourth-order valence-electron chi connectivity index (χ4n) is 4.71. The number of fused-ring (bicyclic) bond motifs is 3. The fraction of sp³-hybridized carbons (Fsp3) is 0.320. The molecule has 0 spiro atoms. The van der Waals surface area contributed by atoms with Crippen molar-refractivity contribution in [3.8, 4) is 11.1 Å². The number of nitrogens with one attached hydrogen (secondary N) is 2. The van der Waals surface area contributed by atoms with E-state index in [-0.39, 0.29) is 43.5 Å². The second-order valence-corrected chi connectivity index (χ2v) is 8.85. The number of rotatable bonds is 8. The highest BCUT2D eigenvalue weighted by atomic mass is 16.5. The fourth-order valence-corrected chi connectivity index (χ4v) is 4.71. The van der Waals surface area contributed by atoms with E-state index in [4.69, 9.17) is 9.84 Å². The van der Waals surface area contributed by atoms with Crippen molar-refractivity contribution < 1.29 is 24.2 Å². The molecule has 3 aromatic rings. The molecular formula is C25H25N5O5. The Labute approximate surface area is 201 Å². The molecule has 1 aromatic heterocycles. The minimum absolute atomic E-state index is 0.00142. The maximum atomic E-state index is 12.4. The molecule has 0 unspecified atom stereocenters. The molecule has 5 rings (SSSR count). The molecule has 0 bridgehead atoms. The Bertz CT molecular complexity index is 1220. The summed E-state index contributed by atoms with van der Waals surface area (Å²) in [5, 5.41) is 21.9. The van der Waals surface area contributed by atoms with Crippen molar-refractivity contribution in [2.24, 2.45) is 5.92 Å². The number of carbonyl (C=O) groups is 3. The molecule has 1 fully saturated rings. The van der Waals surface area contributed by atoms with Crippen molar-refractivity contribution in [2.75, 3.05) is 6.61 Å². The van der Waals surface area contributed by atoms with Crippen LogP contribution in [0.3, 0.4) is 0 Å². The first-order valence-corrected chi connectivity index (χ1v) is 11.5. The topological polar surface area (TPSA) is 135 Å². The highest BCUT2D eigenvalue weighted by Gasteiger charge is 2.36. The molecule has 0 saturated heterocycles. The van der Waals surface area contributed by atoms with E-state index < -0.39 is 12.1 Å². The van der Waals surface area contributed by atoms with E-state index in [1.54, 1.807) is 0 Å². The summed E-state index contributed by atoms with van der Waals surface area (Å²) in [5.41, 5.74) is 5.14. The standard InChI is InChI=1S/C25H25N5O5/c31-23(32)13-30-12-17(28-29-30)11-26-24(33)15-9-16(10-15)27-25(34)35-14-22-20-7-3-1-5-18(20)19-6-2-4-8-21(19)22/h1-8,12,15-16,22H,9-11,13-14H2,(H,26,33)(H,27,34)(H,31,32). The number of hydrogen-bond donors (Lipinski definition) is 3. The summed E-state index contributed by atoms with van der Waals surface area (Å²) in [7, 11) is 0. The van der Waals surface area contributed by atoms with Gasteiger partial charge in [-0.3, -0.25) is 9.59 Å². The number of carboxylic acids is 1. The van der Waals surface area contributed by atoms with Gasteiger partial charge in [0.15, 0.2) is 0 Å². The van der Waals surface area contributed by atoms with Gasteiger partial charge in [-0.15, -0.1) is 5.10 Å². The number of hydrogen-bond acceptors (Lipinski definition) is 6. The van der Waals surface area contributed by atoms with Gasteiger partial charge in [-0.2, -0.15) is 0 Å². The molecule has 1 heterocycles. The van der Waals surface area contributed by atoms with Crippen molar-refractivity contribution in [2.45, 2.75) is 37.9 Å². The third-order valence-electron chi connectivity index (χ3n) is 6.50. The number of carboxylic acid groups (broad SMARTS) is 1. The third kappa shape index (κ3) is 4.86. The minimum atomic E-state index is -1.02.